The highest BCUT2D eigenvalue weighted by atomic mass is 19.4. The van der Waals surface area contributed by atoms with Crippen LogP contribution in [0.25, 0.3) is 0 Å². The highest BCUT2D eigenvalue weighted by Crippen LogP contribution is 2.37. The third-order valence-electron chi connectivity index (χ3n) is 4.28. The molecule has 1 aromatic rings. The van der Waals surface area contributed by atoms with Crippen LogP contribution < -0.4 is 9.47 Å². The van der Waals surface area contributed by atoms with Crippen molar-refractivity contribution in [2.24, 2.45) is 5.92 Å². The molecule has 0 spiro atoms. The predicted octanol–water partition coefficient (Wildman–Crippen LogP) is 3.10. The normalized spacial score (nSPS) is 18.2. The number of benzene rings is 1. The highest BCUT2D eigenvalue weighted by molar-refractivity contribution is 5.76. The third-order valence-corrected chi connectivity index (χ3v) is 4.28. The van der Waals surface area contributed by atoms with Crippen molar-refractivity contribution in [1.82, 2.24) is 4.90 Å². The van der Waals surface area contributed by atoms with Crippen LogP contribution in [0.5, 0.6) is 11.5 Å². The van der Waals surface area contributed by atoms with Crippen LogP contribution in [0.15, 0.2) is 18.2 Å². The van der Waals surface area contributed by atoms with E-state index in [2.05, 4.69) is 0 Å². The van der Waals surface area contributed by atoms with Gasteiger partial charge in [0, 0.05) is 6.07 Å². The SMILES string of the molecule is COc1cc(OC)cc(C(C(=O)O)N2CCC(C(F)(F)F)CC2)c1. The quantitative estimate of drug-likeness (QED) is 0.887. The Morgan fingerprint density at radius 2 is 1.67 bits per heavy atom. The molecule has 1 N–H and O–H groups in total. The zero-order valence-corrected chi connectivity index (χ0v) is 13.5. The predicted molar refractivity (Wildman–Crippen MR) is 80.3 cm³/mol. The minimum absolute atomic E-state index is 0.0701. The van der Waals surface area contributed by atoms with Gasteiger partial charge < -0.3 is 14.6 Å². The van der Waals surface area contributed by atoms with Gasteiger partial charge in [-0.1, -0.05) is 0 Å². The zero-order chi connectivity index (χ0) is 17.9. The standard InChI is InChI=1S/C16H20F3NO4/c1-23-12-7-10(8-13(9-12)24-2)14(15(21)22)20-5-3-11(4-6-20)16(17,18)19/h7-9,11,14H,3-6H2,1-2H3,(H,21,22). The van der Waals surface area contributed by atoms with Gasteiger partial charge in [-0.25, -0.2) is 0 Å². The van der Waals surface area contributed by atoms with Crippen molar-refractivity contribution in [3.63, 3.8) is 0 Å². The van der Waals surface area contributed by atoms with Crippen LogP contribution >= 0.6 is 0 Å². The van der Waals surface area contributed by atoms with Crippen LogP contribution in [0.2, 0.25) is 0 Å². The van der Waals surface area contributed by atoms with E-state index in [1.165, 1.54) is 14.2 Å². The molecule has 5 nitrogen and oxygen atoms in total. The molecule has 0 radical (unpaired) electrons. The molecule has 1 aromatic carbocycles. The summed E-state index contributed by atoms with van der Waals surface area (Å²) in [6, 6.07) is 3.70. The molecular formula is C16H20F3NO4. The van der Waals surface area contributed by atoms with Gasteiger partial charge in [0.1, 0.15) is 17.5 Å². The molecule has 1 heterocycles. The summed E-state index contributed by atoms with van der Waals surface area (Å²) in [6.07, 6.45) is -4.44. The fourth-order valence-electron chi connectivity index (χ4n) is 2.98. The van der Waals surface area contributed by atoms with Crippen LogP contribution in [0.4, 0.5) is 13.2 Å². The molecule has 24 heavy (non-hydrogen) atoms. The Kier molecular flexibility index (Phi) is 5.58. The number of likely N-dealkylation sites (tertiary alicyclic amines) is 1. The number of nitrogens with zero attached hydrogens (tertiary/aromatic N) is 1. The summed E-state index contributed by atoms with van der Waals surface area (Å²) < 4.78 is 48.6. The lowest BCUT2D eigenvalue weighted by Gasteiger charge is -2.36. The largest absolute Gasteiger partial charge is 0.497 e. The Morgan fingerprint density at radius 3 is 2.04 bits per heavy atom. The van der Waals surface area contributed by atoms with Gasteiger partial charge in [-0.2, -0.15) is 13.2 Å². The lowest BCUT2D eigenvalue weighted by molar-refractivity contribution is -0.186. The van der Waals surface area contributed by atoms with Crippen molar-refractivity contribution in [1.29, 1.82) is 0 Å². The van der Waals surface area contributed by atoms with Crippen LogP contribution in [-0.4, -0.2) is 49.5 Å². The number of alkyl halides is 3. The number of carboxylic acids is 1. The van der Waals surface area contributed by atoms with Crippen LogP contribution in [0.3, 0.4) is 0 Å². The van der Waals surface area contributed by atoms with Crippen LogP contribution in [-0.2, 0) is 4.79 Å². The van der Waals surface area contributed by atoms with Gasteiger partial charge >= 0.3 is 12.1 Å². The molecule has 1 saturated heterocycles. The van der Waals surface area contributed by atoms with Crippen molar-refractivity contribution in [2.45, 2.75) is 25.1 Å². The molecule has 1 unspecified atom stereocenters. The zero-order valence-electron chi connectivity index (χ0n) is 13.5. The summed E-state index contributed by atoms with van der Waals surface area (Å²) in [4.78, 5) is 13.3. The summed E-state index contributed by atoms with van der Waals surface area (Å²) in [6.45, 7) is 0.140. The number of methoxy groups -OCH3 is 2. The van der Waals surface area contributed by atoms with Crippen molar-refractivity contribution in [2.75, 3.05) is 27.3 Å². The first-order valence-corrected chi connectivity index (χ1v) is 7.52. The van der Waals surface area contributed by atoms with Crippen molar-refractivity contribution >= 4 is 5.97 Å². The van der Waals surface area contributed by atoms with E-state index < -0.39 is 24.1 Å². The van der Waals surface area contributed by atoms with E-state index in [1.807, 2.05) is 0 Å². The number of carbonyl (C=O) groups is 1. The number of ether oxygens (including phenoxy) is 2. The second kappa shape index (κ2) is 7.29. The first-order chi connectivity index (χ1) is 11.3. The number of hydrogen-bond acceptors (Lipinski definition) is 4. The Bertz CT molecular complexity index is 561. The molecule has 1 aliphatic heterocycles. The molecule has 1 fully saturated rings. The maximum Gasteiger partial charge on any atom is 0.391 e. The van der Waals surface area contributed by atoms with Gasteiger partial charge in [0.25, 0.3) is 0 Å². The molecule has 0 amide bonds. The van der Waals surface area contributed by atoms with E-state index >= 15 is 0 Å². The fourth-order valence-corrected chi connectivity index (χ4v) is 2.98. The fraction of sp³-hybridized carbons (Fsp3) is 0.562. The molecule has 1 aliphatic rings. The summed E-state index contributed by atoms with van der Waals surface area (Å²) in [5.74, 6) is -1.62. The topological polar surface area (TPSA) is 59.0 Å². The average Bonchev–Trinajstić information content (AvgIpc) is 2.54. The molecule has 0 bridgehead atoms. The number of halogens is 3. The van der Waals surface area contributed by atoms with Gasteiger partial charge in [0.2, 0.25) is 0 Å². The third kappa shape index (κ3) is 4.11. The maximum absolute atomic E-state index is 12.8. The number of aliphatic carboxylic acids is 1. The average molecular weight is 347 g/mol. The number of hydrogen-bond donors (Lipinski definition) is 1. The number of carboxylic acid groups (broad SMARTS) is 1. The number of rotatable bonds is 5. The molecule has 0 saturated carbocycles. The molecule has 1 atom stereocenters. The van der Waals surface area contributed by atoms with E-state index in [0.29, 0.717) is 17.1 Å². The second-order valence-electron chi connectivity index (χ2n) is 5.74. The summed E-state index contributed by atoms with van der Waals surface area (Å²) in [7, 11) is 2.90. The van der Waals surface area contributed by atoms with Crippen LogP contribution in [0.1, 0.15) is 24.4 Å². The number of piperidine rings is 1. The van der Waals surface area contributed by atoms with E-state index in [4.69, 9.17) is 9.47 Å². The smallest absolute Gasteiger partial charge is 0.391 e. The Balaban J connectivity index is 2.24. The molecule has 2 rings (SSSR count). The minimum Gasteiger partial charge on any atom is -0.497 e. The minimum atomic E-state index is -4.23. The summed E-state index contributed by atoms with van der Waals surface area (Å²) >= 11 is 0. The molecule has 0 aromatic heterocycles. The van der Waals surface area contributed by atoms with Gasteiger partial charge in [-0.3, -0.25) is 9.69 Å². The first-order valence-electron chi connectivity index (χ1n) is 7.52. The summed E-state index contributed by atoms with van der Waals surface area (Å²) in [5, 5.41) is 9.59. The molecule has 8 heteroatoms. The van der Waals surface area contributed by atoms with E-state index in [1.54, 1.807) is 23.1 Å². The van der Waals surface area contributed by atoms with Crippen LogP contribution in [0, 0.1) is 5.92 Å². The lowest BCUT2D eigenvalue weighted by atomic mass is 9.93. The molecular weight excluding hydrogens is 327 g/mol. The van der Waals surface area contributed by atoms with E-state index in [-0.39, 0.29) is 25.9 Å². The van der Waals surface area contributed by atoms with Gasteiger partial charge in [0.05, 0.1) is 20.1 Å². The Morgan fingerprint density at radius 1 is 1.17 bits per heavy atom. The summed E-state index contributed by atoms with van der Waals surface area (Å²) in [5.41, 5.74) is 0.421. The van der Waals surface area contributed by atoms with Gasteiger partial charge in [-0.05, 0) is 43.6 Å². The maximum atomic E-state index is 12.8. The van der Waals surface area contributed by atoms with Crippen molar-refractivity contribution in [3.8, 4) is 11.5 Å². The van der Waals surface area contributed by atoms with Crippen molar-refractivity contribution < 1.29 is 32.5 Å². The van der Waals surface area contributed by atoms with E-state index in [9.17, 15) is 23.1 Å². The van der Waals surface area contributed by atoms with Crippen molar-refractivity contribution in [3.05, 3.63) is 23.8 Å². The first kappa shape index (κ1) is 18.4. The monoisotopic (exact) mass is 347 g/mol. The van der Waals surface area contributed by atoms with Gasteiger partial charge in [-0.15, -0.1) is 0 Å². The lowest BCUT2D eigenvalue weighted by Crippen LogP contribution is -2.43. The Labute approximate surface area is 138 Å². The van der Waals surface area contributed by atoms with Gasteiger partial charge in [0.15, 0.2) is 0 Å². The molecule has 0 aliphatic carbocycles. The highest BCUT2D eigenvalue weighted by Gasteiger charge is 2.43. The molecule has 134 valence electrons. The second-order valence-corrected chi connectivity index (χ2v) is 5.74. The van der Waals surface area contributed by atoms with E-state index in [0.717, 1.165) is 0 Å². The Hall–Kier alpha value is -1.96.